The van der Waals surface area contributed by atoms with E-state index in [9.17, 15) is 14.0 Å². The number of hydrogen-bond donors (Lipinski definition) is 1. The second kappa shape index (κ2) is 13.8. The Hall–Kier alpha value is -3.37. The standard InChI is InChI=1S/C29H43FN4O6/c1-18(2)25-32-27(40-33-25)34-13-10-20(11-14-34)19(3)12-15-38-22-9-8-21(23(30)17-22)16-24(26(35)37-7)31-28(36)39-29(4,5)6/h8-9,17-20,24H,10-16H2,1-7H3,(H,31,36). The fraction of sp³-hybridized carbons (Fsp3) is 0.655. The molecule has 11 heteroatoms. The molecule has 2 unspecified atom stereocenters. The summed E-state index contributed by atoms with van der Waals surface area (Å²) in [6.07, 6.45) is 2.04. The third kappa shape index (κ3) is 9.09. The second-order valence-corrected chi connectivity index (χ2v) is 11.7. The molecule has 1 aromatic carbocycles. The monoisotopic (exact) mass is 562 g/mol. The van der Waals surface area contributed by atoms with Crippen molar-refractivity contribution in [2.45, 2.75) is 84.8 Å². The molecule has 1 fully saturated rings. The molecule has 3 rings (SSSR count). The van der Waals surface area contributed by atoms with Gasteiger partial charge in [0.25, 0.3) is 0 Å². The summed E-state index contributed by atoms with van der Waals surface area (Å²) in [4.78, 5) is 31.0. The Bertz CT molecular complexity index is 1120. The number of halogens is 1. The first-order valence-electron chi connectivity index (χ1n) is 13.9. The van der Waals surface area contributed by atoms with E-state index in [0.717, 1.165) is 38.2 Å². The van der Waals surface area contributed by atoms with Crippen LogP contribution in [0.5, 0.6) is 5.75 Å². The van der Waals surface area contributed by atoms with E-state index in [0.29, 0.717) is 30.2 Å². The van der Waals surface area contributed by atoms with Crippen molar-refractivity contribution >= 4 is 18.1 Å². The van der Waals surface area contributed by atoms with Gasteiger partial charge in [-0.1, -0.05) is 32.0 Å². The Morgan fingerprint density at radius 2 is 1.90 bits per heavy atom. The van der Waals surface area contributed by atoms with Crippen molar-refractivity contribution < 1.29 is 32.7 Å². The van der Waals surface area contributed by atoms with E-state index in [1.54, 1.807) is 32.9 Å². The van der Waals surface area contributed by atoms with Crippen LogP contribution in [0, 0.1) is 17.7 Å². The maximum atomic E-state index is 14.9. The molecule has 2 heterocycles. The number of aromatic nitrogens is 2. The van der Waals surface area contributed by atoms with Crippen molar-refractivity contribution in [2.24, 2.45) is 11.8 Å². The Balaban J connectivity index is 1.46. The van der Waals surface area contributed by atoms with Crippen LogP contribution in [0.25, 0.3) is 0 Å². The number of benzene rings is 1. The lowest BCUT2D eigenvalue weighted by Crippen LogP contribution is -2.45. The van der Waals surface area contributed by atoms with Crippen molar-refractivity contribution in [1.82, 2.24) is 15.5 Å². The second-order valence-electron chi connectivity index (χ2n) is 11.7. The van der Waals surface area contributed by atoms with Crippen LogP contribution >= 0.6 is 0 Å². The minimum Gasteiger partial charge on any atom is -0.493 e. The van der Waals surface area contributed by atoms with Gasteiger partial charge in [-0.15, -0.1) is 0 Å². The molecule has 1 aliphatic rings. The molecular formula is C29H43FN4O6. The summed E-state index contributed by atoms with van der Waals surface area (Å²) in [6.45, 7) is 13.6. The smallest absolute Gasteiger partial charge is 0.408 e. The summed E-state index contributed by atoms with van der Waals surface area (Å²) < 4.78 is 36.1. The first kappa shape index (κ1) is 31.2. The molecule has 0 bridgehead atoms. The van der Waals surface area contributed by atoms with Crippen LogP contribution in [-0.2, 0) is 20.7 Å². The molecule has 222 valence electrons. The van der Waals surface area contributed by atoms with E-state index in [2.05, 4.69) is 27.3 Å². The quantitative estimate of drug-likeness (QED) is 0.366. The molecule has 10 nitrogen and oxygen atoms in total. The van der Waals surface area contributed by atoms with Crippen molar-refractivity contribution in [3.05, 3.63) is 35.4 Å². The molecular weight excluding hydrogens is 519 g/mol. The average molecular weight is 563 g/mol. The number of alkyl carbamates (subject to hydrolysis) is 1. The number of nitrogens with zero attached hydrogens (tertiary/aromatic N) is 3. The van der Waals surface area contributed by atoms with Gasteiger partial charge in [-0.05, 0) is 63.5 Å². The van der Waals surface area contributed by atoms with Gasteiger partial charge in [0.15, 0.2) is 5.82 Å². The van der Waals surface area contributed by atoms with Gasteiger partial charge in [0.05, 0.1) is 13.7 Å². The van der Waals surface area contributed by atoms with Crippen LogP contribution in [-0.4, -0.2) is 60.7 Å². The highest BCUT2D eigenvalue weighted by Crippen LogP contribution is 2.30. The number of anilines is 1. The van der Waals surface area contributed by atoms with Crippen molar-refractivity contribution in [3.63, 3.8) is 0 Å². The van der Waals surface area contributed by atoms with E-state index in [1.165, 1.54) is 13.2 Å². The molecule has 1 aliphatic heterocycles. The molecule has 1 aromatic heterocycles. The molecule has 2 aromatic rings. The maximum Gasteiger partial charge on any atom is 0.408 e. The van der Waals surface area contributed by atoms with Crippen LogP contribution in [0.1, 0.15) is 78.1 Å². The van der Waals surface area contributed by atoms with Crippen molar-refractivity contribution in [2.75, 3.05) is 31.7 Å². The topological polar surface area (TPSA) is 116 Å². The zero-order valence-corrected chi connectivity index (χ0v) is 24.7. The van der Waals surface area contributed by atoms with Gasteiger partial charge in [0, 0.05) is 31.5 Å². The number of amides is 1. The van der Waals surface area contributed by atoms with Gasteiger partial charge in [0.2, 0.25) is 0 Å². The highest BCUT2D eigenvalue weighted by molar-refractivity contribution is 5.81. The first-order valence-corrected chi connectivity index (χ1v) is 13.9. The van der Waals surface area contributed by atoms with E-state index in [1.807, 2.05) is 13.8 Å². The van der Waals surface area contributed by atoms with E-state index >= 15 is 0 Å². The van der Waals surface area contributed by atoms with Crippen LogP contribution < -0.4 is 15.0 Å². The fourth-order valence-corrected chi connectivity index (χ4v) is 4.64. The predicted octanol–water partition coefficient (Wildman–Crippen LogP) is 5.26. The van der Waals surface area contributed by atoms with Gasteiger partial charge in [0.1, 0.15) is 23.2 Å². The first-order chi connectivity index (χ1) is 18.9. The van der Waals surface area contributed by atoms with Gasteiger partial charge < -0.3 is 29.0 Å². The fourth-order valence-electron chi connectivity index (χ4n) is 4.64. The number of carbonyl (C=O) groups is 2. The number of piperidine rings is 1. The normalized spacial score (nSPS) is 16.0. The van der Waals surface area contributed by atoms with E-state index in [-0.39, 0.29) is 17.9 Å². The summed E-state index contributed by atoms with van der Waals surface area (Å²) in [7, 11) is 1.21. The van der Waals surface area contributed by atoms with Crippen LogP contribution in [0.15, 0.2) is 22.7 Å². The molecule has 1 amide bonds. The number of esters is 1. The Labute approximate surface area is 235 Å². The number of hydrogen-bond acceptors (Lipinski definition) is 9. The van der Waals surface area contributed by atoms with E-state index < -0.39 is 29.5 Å². The zero-order valence-electron chi connectivity index (χ0n) is 24.7. The number of ether oxygens (including phenoxy) is 3. The number of carbonyl (C=O) groups excluding carboxylic acids is 2. The predicted molar refractivity (Wildman–Crippen MR) is 148 cm³/mol. The average Bonchev–Trinajstić information content (AvgIpc) is 3.39. The van der Waals surface area contributed by atoms with Crippen molar-refractivity contribution in [3.8, 4) is 5.75 Å². The van der Waals surface area contributed by atoms with Gasteiger partial charge in [-0.25, -0.2) is 14.0 Å². The van der Waals surface area contributed by atoms with Crippen LogP contribution in [0.4, 0.5) is 15.2 Å². The molecule has 2 atom stereocenters. The third-order valence-electron chi connectivity index (χ3n) is 7.03. The third-order valence-corrected chi connectivity index (χ3v) is 7.03. The van der Waals surface area contributed by atoms with E-state index in [4.69, 9.17) is 18.7 Å². The minimum atomic E-state index is -1.09. The Morgan fingerprint density at radius 3 is 2.48 bits per heavy atom. The lowest BCUT2D eigenvalue weighted by molar-refractivity contribution is -0.143. The number of rotatable bonds is 11. The van der Waals surface area contributed by atoms with Gasteiger partial charge in [-0.2, -0.15) is 4.98 Å². The van der Waals surface area contributed by atoms with Crippen LogP contribution in [0.2, 0.25) is 0 Å². The summed E-state index contributed by atoms with van der Waals surface area (Å²) in [5, 5.41) is 6.52. The highest BCUT2D eigenvalue weighted by Gasteiger charge is 2.28. The molecule has 0 spiro atoms. The largest absolute Gasteiger partial charge is 0.493 e. The summed E-state index contributed by atoms with van der Waals surface area (Å²) in [6, 6.07) is 4.03. The lowest BCUT2D eigenvalue weighted by Gasteiger charge is -2.33. The SMILES string of the molecule is COC(=O)C(Cc1ccc(OCCC(C)C2CCN(c3nc(C(C)C)no3)CC2)cc1F)NC(=O)OC(C)(C)C. The van der Waals surface area contributed by atoms with Gasteiger partial charge in [-0.3, -0.25) is 0 Å². The summed E-state index contributed by atoms with van der Waals surface area (Å²) in [5.41, 5.74) is -0.489. The van der Waals surface area contributed by atoms with Crippen LogP contribution in [0.3, 0.4) is 0 Å². The number of methoxy groups -OCH3 is 1. The summed E-state index contributed by atoms with van der Waals surface area (Å²) >= 11 is 0. The molecule has 0 aliphatic carbocycles. The molecule has 1 saturated heterocycles. The molecule has 0 radical (unpaired) electrons. The Morgan fingerprint density at radius 1 is 1.20 bits per heavy atom. The molecule has 1 N–H and O–H groups in total. The Kier molecular flexibility index (Phi) is 10.8. The zero-order chi connectivity index (χ0) is 29.4. The minimum absolute atomic E-state index is 0.0872. The highest BCUT2D eigenvalue weighted by atomic mass is 19.1. The van der Waals surface area contributed by atoms with Crippen molar-refractivity contribution in [1.29, 1.82) is 0 Å². The number of nitrogens with one attached hydrogen (secondary N) is 1. The molecule has 40 heavy (non-hydrogen) atoms. The maximum absolute atomic E-state index is 14.9. The summed E-state index contributed by atoms with van der Waals surface area (Å²) in [5.74, 6) is 1.15. The lowest BCUT2D eigenvalue weighted by atomic mass is 9.84. The van der Waals surface area contributed by atoms with Gasteiger partial charge >= 0.3 is 18.1 Å². The molecule has 0 saturated carbocycles.